The highest BCUT2D eigenvalue weighted by atomic mass is 32.2. The molecule has 0 saturated heterocycles. The number of hydrogen-bond acceptors (Lipinski definition) is 8. The second-order valence-electron chi connectivity index (χ2n) is 9.38. The molecule has 38 heavy (non-hydrogen) atoms. The Labute approximate surface area is 228 Å². The molecule has 0 saturated carbocycles. The van der Waals surface area contributed by atoms with E-state index in [-0.39, 0.29) is 24.5 Å². The fourth-order valence-electron chi connectivity index (χ4n) is 3.73. The van der Waals surface area contributed by atoms with E-state index in [1.165, 1.54) is 23.9 Å². The molecule has 1 rings (SSSR count). The van der Waals surface area contributed by atoms with Crippen molar-refractivity contribution in [1.29, 1.82) is 0 Å². The van der Waals surface area contributed by atoms with E-state index in [2.05, 4.69) is 16.0 Å². The van der Waals surface area contributed by atoms with Gasteiger partial charge in [0.1, 0.15) is 23.9 Å². The number of phenols is 1. The summed E-state index contributed by atoms with van der Waals surface area (Å²) in [4.78, 5) is 50.8. The Bertz CT molecular complexity index is 901. The molecule has 1 aromatic rings. The zero-order valence-electron chi connectivity index (χ0n) is 22.4. The molecule has 0 aliphatic carbocycles. The Hall–Kier alpha value is -2.83. The molecule has 5 unspecified atom stereocenters. The van der Waals surface area contributed by atoms with Gasteiger partial charge in [-0.1, -0.05) is 32.4 Å². The normalized spacial score (nSPS) is 15.0. The largest absolute Gasteiger partial charge is 0.508 e. The first kappa shape index (κ1) is 33.2. The van der Waals surface area contributed by atoms with Crippen LogP contribution in [0.15, 0.2) is 24.3 Å². The summed E-state index contributed by atoms with van der Waals surface area (Å²) in [7, 11) is 0. The first-order valence-electron chi connectivity index (χ1n) is 12.9. The number of nitrogens with two attached hydrogens (primary N) is 2. The molecule has 12 heteroatoms. The number of carbonyl (C=O) groups is 4. The third-order valence-corrected chi connectivity index (χ3v) is 6.97. The van der Waals surface area contributed by atoms with Crippen molar-refractivity contribution >= 4 is 35.5 Å². The van der Waals surface area contributed by atoms with Gasteiger partial charge < -0.3 is 37.6 Å². The van der Waals surface area contributed by atoms with Crippen LogP contribution in [0.4, 0.5) is 0 Å². The van der Waals surface area contributed by atoms with Gasteiger partial charge in [0.15, 0.2) is 0 Å². The number of unbranched alkanes of at least 4 members (excludes halogenated alkanes) is 1. The van der Waals surface area contributed by atoms with Crippen LogP contribution in [0, 0.1) is 5.92 Å². The van der Waals surface area contributed by atoms with Gasteiger partial charge in [0.25, 0.3) is 0 Å². The number of carboxylic acid groups (broad SMARTS) is 1. The van der Waals surface area contributed by atoms with Crippen LogP contribution in [0.3, 0.4) is 0 Å². The third-order valence-electron chi connectivity index (χ3n) is 6.33. The van der Waals surface area contributed by atoms with Crippen molar-refractivity contribution in [3.05, 3.63) is 29.8 Å². The molecular weight excluding hydrogens is 510 g/mol. The van der Waals surface area contributed by atoms with Crippen LogP contribution >= 0.6 is 11.8 Å². The summed E-state index contributed by atoms with van der Waals surface area (Å²) in [6.07, 6.45) is 4.41. The highest BCUT2D eigenvalue weighted by molar-refractivity contribution is 7.98. The maximum Gasteiger partial charge on any atom is 0.326 e. The van der Waals surface area contributed by atoms with E-state index < -0.39 is 47.9 Å². The van der Waals surface area contributed by atoms with Gasteiger partial charge in [-0.25, -0.2) is 4.79 Å². The van der Waals surface area contributed by atoms with Crippen LogP contribution in [0.5, 0.6) is 5.75 Å². The number of carboxylic acids is 1. The number of benzene rings is 1. The van der Waals surface area contributed by atoms with Crippen molar-refractivity contribution in [1.82, 2.24) is 16.0 Å². The van der Waals surface area contributed by atoms with Crippen LogP contribution in [0.25, 0.3) is 0 Å². The number of carbonyl (C=O) groups excluding carboxylic acids is 3. The topological polar surface area (TPSA) is 197 Å². The van der Waals surface area contributed by atoms with Crippen molar-refractivity contribution < 1.29 is 29.4 Å². The summed E-state index contributed by atoms with van der Waals surface area (Å²) in [6.45, 7) is 3.99. The number of aliphatic carboxylic acids is 1. The maximum atomic E-state index is 13.3. The van der Waals surface area contributed by atoms with E-state index in [0.717, 1.165) is 5.56 Å². The molecule has 0 aliphatic rings. The Morgan fingerprint density at radius 3 is 2.08 bits per heavy atom. The van der Waals surface area contributed by atoms with Gasteiger partial charge in [0.2, 0.25) is 17.7 Å². The van der Waals surface area contributed by atoms with Gasteiger partial charge in [0, 0.05) is 0 Å². The Morgan fingerprint density at radius 2 is 1.53 bits per heavy atom. The Morgan fingerprint density at radius 1 is 0.947 bits per heavy atom. The Kier molecular flexibility index (Phi) is 15.4. The maximum absolute atomic E-state index is 13.3. The van der Waals surface area contributed by atoms with Crippen LogP contribution in [0.2, 0.25) is 0 Å². The molecule has 0 bridgehead atoms. The molecule has 1 aromatic carbocycles. The molecule has 0 fully saturated rings. The molecule has 0 aliphatic heterocycles. The monoisotopic (exact) mass is 553 g/mol. The summed E-state index contributed by atoms with van der Waals surface area (Å²) in [5.41, 5.74) is 12.4. The van der Waals surface area contributed by atoms with E-state index in [1.807, 2.05) is 13.2 Å². The van der Waals surface area contributed by atoms with E-state index in [0.29, 0.717) is 38.0 Å². The van der Waals surface area contributed by atoms with Crippen LogP contribution in [-0.4, -0.2) is 76.6 Å². The van der Waals surface area contributed by atoms with Crippen molar-refractivity contribution in [2.45, 2.75) is 76.5 Å². The number of phenolic OH excluding ortho intramolecular Hbond substituents is 1. The highest BCUT2D eigenvalue weighted by Gasteiger charge is 2.31. The lowest BCUT2D eigenvalue weighted by molar-refractivity contribution is -0.143. The predicted molar refractivity (Wildman–Crippen MR) is 149 cm³/mol. The molecule has 0 heterocycles. The van der Waals surface area contributed by atoms with Crippen molar-refractivity contribution in [2.75, 3.05) is 18.6 Å². The number of aromatic hydroxyl groups is 1. The highest BCUT2D eigenvalue weighted by Crippen LogP contribution is 2.12. The summed E-state index contributed by atoms with van der Waals surface area (Å²) in [5, 5.41) is 27.0. The number of amides is 3. The van der Waals surface area contributed by atoms with E-state index in [4.69, 9.17) is 11.5 Å². The molecular formula is C26H43N5O6S. The lowest BCUT2D eigenvalue weighted by atomic mass is 9.98. The summed E-state index contributed by atoms with van der Waals surface area (Å²) in [6, 6.07) is 2.37. The third kappa shape index (κ3) is 11.7. The predicted octanol–water partition coefficient (Wildman–Crippen LogP) is 0.729. The standard InChI is InChI=1S/C26H43N5O6S/c1-4-16(2)22(26(36)37)31-25(35)21(12-14-38-3)30-24(34)20(7-5-6-13-27)29-23(33)19(28)15-17-8-10-18(32)11-9-17/h8-11,16,19-22,32H,4-7,12-15,27-28H2,1-3H3,(H,29,33)(H,30,34)(H,31,35)(H,36,37). The summed E-state index contributed by atoms with van der Waals surface area (Å²) in [5.74, 6) is -2.45. The molecule has 11 nitrogen and oxygen atoms in total. The van der Waals surface area contributed by atoms with Gasteiger partial charge in [-0.3, -0.25) is 14.4 Å². The minimum atomic E-state index is -1.14. The minimum absolute atomic E-state index is 0.0994. The zero-order chi connectivity index (χ0) is 28.7. The first-order valence-corrected chi connectivity index (χ1v) is 14.3. The van der Waals surface area contributed by atoms with Crippen LogP contribution in [-0.2, 0) is 25.6 Å². The SMILES string of the molecule is CCC(C)C(NC(=O)C(CCSC)NC(=O)C(CCCCN)NC(=O)C(N)Cc1ccc(O)cc1)C(=O)O. The smallest absolute Gasteiger partial charge is 0.326 e. The van der Waals surface area contributed by atoms with Crippen molar-refractivity contribution in [2.24, 2.45) is 17.4 Å². The molecule has 5 atom stereocenters. The van der Waals surface area contributed by atoms with Gasteiger partial charge in [0.05, 0.1) is 6.04 Å². The van der Waals surface area contributed by atoms with Crippen molar-refractivity contribution in [3.63, 3.8) is 0 Å². The van der Waals surface area contributed by atoms with Crippen LogP contribution < -0.4 is 27.4 Å². The minimum Gasteiger partial charge on any atom is -0.508 e. The van der Waals surface area contributed by atoms with Crippen molar-refractivity contribution in [3.8, 4) is 5.75 Å². The van der Waals surface area contributed by atoms with E-state index in [9.17, 15) is 29.4 Å². The molecule has 3 amide bonds. The summed E-state index contributed by atoms with van der Waals surface area (Å²) < 4.78 is 0. The van der Waals surface area contributed by atoms with E-state index >= 15 is 0 Å². The van der Waals surface area contributed by atoms with Crippen LogP contribution in [0.1, 0.15) is 51.5 Å². The number of hydrogen-bond donors (Lipinski definition) is 7. The lowest BCUT2D eigenvalue weighted by Gasteiger charge is -2.26. The fourth-order valence-corrected chi connectivity index (χ4v) is 4.20. The van der Waals surface area contributed by atoms with Gasteiger partial charge >= 0.3 is 5.97 Å². The van der Waals surface area contributed by atoms with E-state index in [1.54, 1.807) is 19.1 Å². The average Bonchev–Trinajstić information content (AvgIpc) is 2.89. The first-order chi connectivity index (χ1) is 18.0. The number of rotatable bonds is 18. The molecule has 0 radical (unpaired) electrons. The second kappa shape index (κ2) is 17.6. The quantitative estimate of drug-likeness (QED) is 0.128. The average molecular weight is 554 g/mol. The lowest BCUT2D eigenvalue weighted by Crippen LogP contribution is -2.58. The fraction of sp³-hybridized carbons (Fsp3) is 0.615. The Balaban J connectivity index is 2.97. The molecule has 0 spiro atoms. The number of thioether (sulfide) groups is 1. The number of nitrogens with one attached hydrogen (secondary N) is 3. The van der Waals surface area contributed by atoms with Gasteiger partial charge in [-0.2, -0.15) is 11.8 Å². The van der Waals surface area contributed by atoms with Gasteiger partial charge in [-0.15, -0.1) is 0 Å². The molecule has 9 N–H and O–H groups in total. The zero-order valence-corrected chi connectivity index (χ0v) is 23.3. The summed E-state index contributed by atoms with van der Waals surface area (Å²) >= 11 is 1.49. The molecule has 0 aromatic heterocycles. The second-order valence-corrected chi connectivity index (χ2v) is 10.4. The molecule has 214 valence electrons. The van der Waals surface area contributed by atoms with Gasteiger partial charge in [-0.05, 0) is 74.3 Å².